The van der Waals surface area contributed by atoms with Crippen LogP contribution in [0.4, 0.5) is 0 Å². The van der Waals surface area contributed by atoms with Crippen molar-refractivity contribution in [1.29, 1.82) is 0 Å². The van der Waals surface area contributed by atoms with Gasteiger partial charge < -0.3 is 14.2 Å². The Hall–Kier alpha value is -2.15. The highest BCUT2D eigenvalue weighted by Gasteiger charge is 2.32. The number of likely N-dealkylation sites (tertiary alicyclic amines) is 2. The summed E-state index contributed by atoms with van der Waals surface area (Å²) in [7, 11) is 0. The van der Waals surface area contributed by atoms with Crippen LogP contribution < -0.4 is 0 Å². The predicted molar refractivity (Wildman–Crippen MR) is 104 cm³/mol. The standard InChI is InChI=1S/C20H25N3O3S/c1-14-17(21-18(27-14)16-6-5-13-26-16)20(25)23-11-7-15(8-12-23)19(24)22-9-3-2-4-10-22/h5-6,13,15H,2-4,7-12H2,1H3. The summed E-state index contributed by atoms with van der Waals surface area (Å²) in [6.45, 7) is 4.95. The molecular formula is C20H25N3O3S. The van der Waals surface area contributed by atoms with Crippen molar-refractivity contribution in [2.24, 2.45) is 5.92 Å². The monoisotopic (exact) mass is 387 g/mol. The molecule has 2 saturated heterocycles. The minimum Gasteiger partial charge on any atom is -0.462 e. The van der Waals surface area contributed by atoms with Crippen LogP contribution in [0.25, 0.3) is 10.8 Å². The van der Waals surface area contributed by atoms with Crippen LogP contribution in [-0.4, -0.2) is 52.8 Å². The zero-order chi connectivity index (χ0) is 18.8. The number of nitrogens with zero attached hydrogens (tertiary/aromatic N) is 3. The number of carbonyl (C=O) groups excluding carboxylic acids is 2. The number of thiazole rings is 1. The van der Waals surface area contributed by atoms with Gasteiger partial charge in [0, 0.05) is 37.0 Å². The topological polar surface area (TPSA) is 66.7 Å². The Morgan fingerprint density at radius 3 is 2.52 bits per heavy atom. The first-order valence-electron chi connectivity index (χ1n) is 9.73. The van der Waals surface area contributed by atoms with Crippen LogP contribution in [0.2, 0.25) is 0 Å². The van der Waals surface area contributed by atoms with Crippen LogP contribution >= 0.6 is 11.3 Å². The van der Waals surface area contributed by atoms with E-state index in [1.54, 1.807) is 6.26 Å². The molecule has 2 fully saturated rings. The molecule has 4 heterocycles. The van der Waals surface area contributed by atoms with E-state index in [0.717, 1.165) is 48.7 Å². The van der Waals surface area contributed by atoms with Gasteiger partial charge in [0.1, 0.15) is 5.69 Å². The first-order chi connectivity index (χ1) is 13.1. The molecule has 0 unspecified atom stereocenters. The van der Waals surface area contributed by atoms with E-state index in [4.69, 9.17) is 4.42 Å². The number of aromatic nitrogens is 1. The lowest BCUT2D eigenvalue weighted by Crippen LogP contribution is -2.45. The summed E-state index contributed by atoms with van der Waals surface area (Å²) in [5, 5.41) is 0.732. The van der Waals surface area contributed by atoms with E-state index < -0.39 is 0 Å². The quantitative estimate of drug-likeness (QED) is 0.807. The second-order valence-corrected chi connectivity index (χ2v) is 8.56. The van der Waals surface area contributed by atoms with Gasteiger partial charge in [-0.25, -0.2) is 4.98 Å². The Labute approximate surface area is 163 Å². The molecule has 4 rings (SSSR count). The second kappa shape index (κ2) is 7.84. The highest BCUT2D eigenvalue weighted by molar-refractivity contribution is 7.15. The smallest absolute Gasteiger partial charge is 0.273 e. The van der Waals surface area contributed by atoms with E-state index in [2.05, 4.69) is 4.98 Å². The SMILES string of the molecule is Cc1sc(-c2ccco2)nc1C(=O)N1CCC(C(=O)N2CCCCC2)CC1. The van der Waals surface area contributed by atoms with Crippen molar-refractivity contribution in [2.45, 2.75) is 39.0 Å². The van der Waals surface area contributed by atoms with Crippen LogP contribution in [0.1, 0.15) is 47.5 Å². The normalized spacial score (nSPS) is 18.7. The fourth-order valence-electron chi connectivity index (χ4n) is 3.95. The van der Waals surface area contributed by atoms with Gasteiger partial charge in [0.15, 0.2) is 10.8 Å². The van der Waals surface area contributed by atoms with Crippen molar-refractivity contribution in [3.63, 3.8) is 0 Å². The number of carbonyl (C=O) groups is 2. The minimum atomic E-state index is -0.0366. The lowest BCUT2D eigenvalue weighted by molar-refractivity contribution is -0.137. The van der Waals surface area contributed by atoms with Crippen molar-refractivity contribution in [1.82, 2.24) is 14.8 Å². The Morgan fingerprint density at radius 2 is 1.85 bits per heavy atom. The van der Waals surface area contributed by atoms with Crippen molar-refractivity contribution in [3.05, 3.63) is 29.0 Å². The molecule has 2 aromatic heterocycles. The van der Waals surface area contributed by atoms with E-state index in [0.29, 0.717) is 24.5 Å². The fourth-order valence-corrected chi connectivity index (χ4v) is 4.83. The third-order valence-corrected chi connectivity index (χ3v) is 6.52. The summed E-state index contributed by atoms with van der Waals surface area (Å²) in [5.41, 5.74) is 0.507. The highest BCUT2D eigenvalue weighted by atomic mass is 32.1. The Balaban J connectivity index is 1.38. The molecule has 0 radical (unpaired) electrons. The summed E-state index contributed by atoms with van der Waals surface area (Å²) in [6, 6.07) is 3.67. The molecule has 2 amide bonds. The maximum Gasteiger partial charge on any atom is 0.273 e. The van der Waals surface area contributed by atoms with Gasteiger partial charge in [-0.2, -0.15) is 0 Å². The van der Waals surface area contributed by atoms with Crippen molar-refractivity contribution in [2.75, 3.05) is 26.2 Å². The highest BCUT2D eigenvalue weighted by Crippen LogP contribution is 2.30. The molecule has 2 aliphatic rings. The van der Waals surface area contributed by atoms with Crippen LogP contribution in [-0.2, 0) is 4.79 Å². The molecule has 2 aromatic rings. The van der Waals surface area contributed by atoms with Gasteiger partial charge in [-0.3, -0.25) is 9.59 Å². The molecule has 0 atom stereocenters. The molecule has 0 bridgehead atoms. The third kappa shape index (κ3) is 3.78. The molecule has 0 aromatic carbocycles. The summed E-state index contributed by atoms with van der Waals surface area (Å²) in [6.07, 6.45) is 6.56. The number of piperidine rings is 2. The number of aryl methyl sites for hydroxylation is 1. The number of hydrogen-bond donors (Lipinski definition) is 0. The Kier molecular flexibility index (Phi) is 5.29. The largest absolute Gasteiger partial charge is 0.462 e. The van der Waals surface area contributed by atoms with Gasteiger partial charge in [-0.05, 0) is 51.2 Å². The van der Waals surface area contributed by atoms with Gasteiger partial charge >= 0.3 is 0 Å². The lowest BCUT2D eigenvalue weighted by Gasteiger charge is -2.35. The van der Waals surface area contributed by atoms with Crippen LogP contribution in [0.3, 0.4) is 0 Å². The van der Waals surface area contributed by atoms with Crippen LogP contribution in [0, 0.1) is 12.8 Å². The Morgan fingerprint density at radius 1 is 1.11 bits per heavy atom. The molecule has 2 aliphatic heterocycles. The van der Waals surface area contributed by atoms with E-state index >= 15 is 0 Å². The van der Waals surface area contributed by atoms with Crippen LogP contribution in [0.5, 0.6) is 0 Å². The molecule has 27 heavy (non-hydrogen) atoms. The molecule has 6 nitrogen and oxygen atoms in total. The second-order valence-electron chi connectivity index (χ2n) is 7.35. The molecule has 0 aliphatic carbocycles. The van der Waals surface area contributed by atoms with Crippen molar-refractivity contribution < 1.29 is 14.0 Å². The van der Waals surface area contributed by atoms with Crippen molar-refractivity contribution in [3.8, 4) is 10.8 Å². The van der Waals surface area contributed by atoms with Crippen LogP contribution in [0.15, 0.2) is 22.8 Å². The molecule has 0 spiro atoms. The van der Waals surface area contributed by atoms with Gasteiger partial charge in [0.2, 0.25) is 5.91 Å². The molecule has 7 heteroatoms. The summed E-state index contributed by atoms with van der Waals surface area (Å²) in [4.78, 5) is 34.9. The summed E-state index contributed by atoms with van der Waals surface area (Å²) >= 11 is 1.48. The zero-order valence-corrected chi connectivity index (χ0v) is 16.5. The first-order valence-corrected chi connectivity index (χ1v) is 10.5. The van der Waals surface area contributed by atoms with Gasteiger partial charge in [-0.1, -0.05) is 0 Å². The molecule has 0 N–H and O–H groups in total. The van der Waals surface area contributed by atoms with E-state index in [1.807, 2.05) is 28.9 Å². The minimum absolute atomic E-state index is 0.0366. The lowest BCUT2D eigenvalue weighted by atomic mass is 9.94. The maximum absolute atomic E-state index is 12.9. The molecule has 144 valence electrons. The zero-order valence-electron chi connectivity index (χ0n) is 15.6. The number of hydrogen-bond acceptors (Lipinski definition) is 5. The van der Waals surface area contributed by atoms with E-state index in [9.17, 15) is 9.59 Å². The summed E-state index contributed by atoms with van der Waals surface area (Å²) < 4.78 is 5.39. The van der Waals surface area contributed by atoms with Gasteiger partial charge in [0.05, 0.1) is 6.26 Å². The summed E-state index contributed by atoms with van der Waals surface area (Å²) in [5.74, 6) is 0.993. The molecular weight excluding hydrogens is 362 g/mol. The number of rotatable bonds is 3. The van der Waals surface area contributed by atoms with Gasteiger partial charge in [0.25, 0.3) is 5.91 Å². The third-order valence-electron chi connectivity index (χ3n) is 5.53. The number of furan rings is 1. The van der Waals surface area contributed by atoms with E-state index in [1.165, 1.54) is 17.8 Å². The average molecular weight is 388 g/mol. The predicted octanol–water partition coefficient (Wildman–Crippen LogP) is 3.58. The average Bonchev–Trinajstić information content (AvgIpc) is 3.37. The fraction of sp³-hybridized carbons (Fsp3) is 0.550. The Bertz CT molecular complexity index is 801. The van der Waals surface area contributed by atoms with E-state index in [-0.39, 0.29) is 17.7 Å². The van der Waals surface area contributed by atoms with Crippen molar-refractivity contribution >= 4 is 23.2 Å². The number of amides is 2. The van der Waals surface area contributed by atoms with Gasteiger partial charge in [-0.15, -0.1) is 11.3 Å². The maximum atomic E-state index is 12.9. The first kappa shape index (κ1) is 18.2. The molecule has 0 saturated carbocycles.